The summed E-state index contributed by atoms with van der Waals surface area (Å²) in [7, 11) is 1.24. The van der Waals surface area contributed by atoms with Gasteiger partial charge in [0.15, 0.2) is 0 Å². The first-order chi connectivity index (χ1) is 13.6. The Morgan fingerprint density at radius 3 is 2.45 bits per heavy atom. The highest BCUT2D eigenvalue weighted by molar-refractivity contribution is 5.78. The Morgan fingerprint density at radius 2 is 1.90 bits per heavy atom. The van der Waals surface area contributed by atoms with E-state index in [-0.39, 0.29) is 29.0 Å². The molecular formula is C19H21F3N4O3. The molecule has 0 aromatic carbocycles. The quantitative estimate of drug-likeness (QED) is 0.755. The van der Waals surface area contributed by atoms with Gasteiger partial charge in [0.25, 0.3) is 5.56 Å². The van der Waals surface area contributed by atoms with Crippen molar-refractivity contribution in [3.63, 3.8) is 0 Å². The van der Waals surface area contributed by atoms with Gasteiger partial charge in [-0.25, -0.2) is 9.78 Å². The van der Waals surface area contributed by atoms with Gasteiger partial charge in [0.2, 0.25) is 5.91 Å². The van der Waals surface area contributed by atoms with Crippen molar-refractivity contribution in [2.45, 2.75) is 57.4 Å². The summed E-state index contributed by atoms with van der Waals surface area (Å²) in [6, 6.07) is 1.88. The third-order valence-electron chi connectivity index (χ3n) is 5.74. The highest BCUT2D eigenvalue weighted by Gasteiger charge is 2.41. The summed E-state index contributed by atoms with van der Waals surface area (Å²) >= 11 is 0. The molecule has 0 spiro atoms. The van der Waals surface area contributed by atoms with Gasteiger partial charge < -0.3 is 4.90 Å². The van der Waals surface area contributed by atoms with Gasteiger partial charge in [0.05, 0.1) is 5.39 Å². The molecule has 10 heteroatoms. The minimum atomic E-state index is -4.70. The smallest absolute Gasteiger partial charge is 0.335 e. The standard InChI is InChI=1S/C19H21F3N4O3/c1-10(11-3-4-11)26(12-5-6-12)15(27)9-25-17(28)13-7-8-14(19(20,21)22)23-16(13)24(2)18(25)29/h7-8,10-12H,3-6,9H2,1-2H3. The van der Waals surface area contributed by atoms with Gasteiger partial charge in [0.1, 0.15) is 17.9 Å². The van der Waals surface area contributed by atoms with Crippen LogP contribution in [0.2, 0.25) is 0 Å². The van der Waals surface area contributed by atoms with Crippen molar-refractivity contribution in [3.05, 3.63) is 38.7 Å². The number of aromatic nitrogens is 3. The van der Waals surface area contributed by atoms with Crippen LogP contribution in [0.3, 0.4) is 0 Å². The SMILES string of the molecule is CC(C1CC1)N(C(=O)Cn1c(=O)c2ccc(C(F)(F)F)nc2n(C)c1=O)C1CC1. The number of hydrogen-bond acceptors (Lipinski definition) is 4. The highest BCUT2D eigenvalue weighted by Crippen LogP contribution is 2.39. The summed E-state index contributed by atoms with van der Waals surface area (Å²) in [4.78, 5) is 43.6. The molecule has 1 atom stereocenters. The van der Waals surface area contributed by atoms with Crippen LogP contribution in [0.15, 0.2) is 21.7 Å². The maximum atomic E-state index is 13.0. The first-order valence-electron chi connectivity index (χ1n) is 9.58. The minimum absolute atomic E-state index is 0.0472. The maximum Gasteiger partial charge on any atom is 0.433 e. The Hall–Kier alpha value is -2.65. The van der Waals surface area contributed by atoms with Crippen molar-refractivity contribution >= 4 is 16.9 Å². The van der Waals surface area contributed by atoms with Crippen molar-refractivity contribution in [3.8, 4) is 0 Å². The molecule has 2 heterocycles. The maximum absolute atomic E-state index is 13.0. The minimum Gasteiger partial charge on any atom is -0.335 e. The molecule has 0 aliphatic heterocycles. The molecule has 1 unspecified atom stereocenters. The molecule has 2 aliphatic carbocycles. The molecule has 0 radical (unpaired) electrons. The van der Waals surface area contributed by atoms with Crippen molar-refractivity contribution in [1.29, 1.82) is 0 Å². The fourth-order valence-electron chi connectivity index (χ4n) is 3.81. The zero-order chi connectivity index (χ0) is 21.1. The first kappa shape index (κ1) is 19.7. The summed E-state index contributed by atoms with van der Waals surface area (Å²) in [5, 5.41) is -0.138. The summed E-state index contributed by atoms with van der Waals surface area (Å²) in [6.07, 6.45) is -0.779. The molecule has 7 nitrogen and oxygen atoms in total. The molecule has 0 saturated heterocycles. The van der Waals surface area contributed by atoms with E-state index in [9.17, 15) is 27.6 Å². The van der Waals surface area contributed by atoms with Gasteiger partial charge in [-0.05, 0) is 50.7 Å². The van der Waals surface area contributed by atoms with Crippen LogP contribution in [0.4, 0.5) is 13.2 Å². The van der Waals surface area contributed by atoms with Crippen molar-refractivity contribution < 1.29 is 18.0 Å². The number of fused-ring (bicyclic) bond motifs is 1. The first-order valence-corrected chi connectivity index (χ1v) is 9.58. The van der Waals surface area contributed by atoms with Crippen LogP contribution in [0.25, 0.3) is 11.0 Å². The van der Waals surface area contributed by atoms with Crippen molar-refractivity contribution in [2.24, 2.45) is 13.0 Å². The summed E-state index contributed by atoms with van der Waals surface area (Å²) in [5.74, 6) is 0.131. The van der Waals surface area contributed by atoms with Gasteiger partial charge in [0, 0.05) is 19.1 Å². The zero-order valence-electron chi connectivity index (χ0n) is 16.1. The van der Waals surface area contributed by atoms with E-state index in [0.717, 1.165) is 40.9 Å². The third kappa shape index (κ3) is 3.56. The van der Waals surface area contributed by atoms with Crippen LogP contribution in [0.5, 0.6) is 0 Å². The van der Waals surface area contributed by atoms with Crippen molar-refractivity contribution in [2.75, 3.05) is 0 Å². The Kier molecular flexibility index (Phi) is 4.54. The largest absolute Gasteiger partial charge is 0.433 e. The topological polar surface area (TPSA) is 77.2 Å². The number of carbonyl (C=O) groups excluding carboxylic acids is 1. The van der Waals surface area contributed by atoms with E-state index in [0.29, 0.717) is 12.0 Å². The number of carbonyl (C=O) groups is 1. The van der Waals surface area contributed by atoms with Gasteiger partial charge in [-0.3, -0.25) is 18.7 Å². The molecule has 29 heavy (non-hydrogen) atoms. The number of amides is 1. The number of hydrogen-bond donors (Lipinski definition) is 0. The zero-order valence-corrected chi connectivity index (χ0v) is 16.1. The molecular weight excluding hydrogens is 389 g/mol. The second-order valence-corrected chi connectivity index (χ2v) is 7.91. The van der Waals surface area contributed by atoms with E-state index in [2.05, 4.69) is 4.98 Å². The van der Waals surface area contributed by atoms with E-state index in [1.807, 2.05) is 6.92 Å². The average molecular weight is 410 g/mol. The summed E-state index contributed by atoms with van der Waals surface area (Å²) in [6.45, 7) is 1.55. The molecule has 2 aromatic heterocycles. The average Bonchev–Trinajstić information content (AvgIpc) is 3.54. The Labute approximate surface area is 163 Å². The van der Waals surface area contributed by atoms with Crippen LogP contribution < -0.4 is 11.2 Å². The van der Waals surface area contributed by atoms with E-state index >= 15 is 0 Å². The summed E-state index contributed by atoms with van der Waals surface area (Å²) < 4.78 is 40.5. The van der Waals surface area contributed by atoms with Crippen LogP contribution in [0, 0.1) is 5.92 Å². The van der Waals surface area contributed by atoms with Crippen LogP contribution in [-0.4, -0.2) is 37.0 Å². The van der Waals surface area contributed by atoms with E-state index in [1.54, 1.807) is 4.90 Å². The number of rotatable bonds is 5. The molecule has 2 aromatic rings. The number of nitrogens with zero attached hydrogens (tertiary/aromatic N) is 4. The lowest BCUT2D eigenvalue weighted by Gasteiger charge is -2.29. The monoisotopic (exact) mass is 410 g/mol. The molecule has 2 fully saturated rings. The van der Waals surface area contributed by atoms with Crippen molar-refractivity contribution in [1.82, 2.24) is 19.0 Å². The molecule has 0 bridgehead atoms. The molecule has 2 saturated carbocycles. The Bertz CT molecular complexity index is 1100. The highest BCUT2D eigenvalue weighted by atomic mass is 19.4. The lowest BCUT2D eigenvalue weighted by Crippen LogP contribution is -2.48. The second-order valence-electron chi connectivity index (χ2n) is 7.91. The normalized spacial score (nSPS) is 18.1. The number of aryl methyl sites for hydroxylation is 1. The Morgan fingerprint density at radius 1 is 1.24 bits per heavy atom. The number of halogens is 3. The van der Waals surface area contributed by atoms with E-state index in [1.165, 1.54) is 7.05 Å². The van der Waals surface area contributed by atoms with Gasteiger partial charge in [-0.15, -0.1) is 0 Å². The lowest BCUT2D eigenvalue weighted by atomic mass is 10.1. The predicted molar refractivity (Wildman–Crippen MR) is 98.3 cm³/mol. The summed E-state index contributed by atoms with van der Waals surface area (Å²) in [5.41, 5.74) is -3.22. The second kappa shape index (κ2) is 6.70. The molecule has 0 N–H and O–H groups in total. The molecule has 1 amide bonds. The molecule has 2 aliphatic rings. The number of alkyl halides is 3. The predicted octanol–water partition coefficient (Wildman–Crippen LogP) is 1.90. The molecule has 4 rings (SSSR count). The van der Waals surface area contributed by atoms with Gasteiger partial charge in [-0.1, -0.05) is 0 Å². The lowest BCUT2D eigenvalue weighted by molar-refractivity contribution is -0.141. The van der Waals surface area contributed by atoms with Crippen LogP contribution in [0.1, 0.15) is 38.3 Å². The third-order valence-corrected chi connectivity index (χ3v) is 5.74. The fourth-order valence-corrected chi connectivity index (χ4v) is 3.81. The van der Waals surface area contributed by atoms with Crippen LogP contribution in [-0.2, 0) is 24.6 Å². The van der Waals surface area contributed by atoms with E-state index < -0.39 is 29.7 Å². The Balaban J connectivity index is 1.73. The van der Waals surface area contributed by atoms with E-state index in [4.69, 9.17) is 0 Å². The van der Waals surface area contributed by atoms with Gasteiger partial charge in [-0.2, -0.15) is 13.2 Å². The van der Waals surface area contributed by atoms with Gasteiger partial charge >= 0.3 is 11.9 Å². The van der Waals surface area contributed by atoms with Crippen LogP contribution >= 0.6 is 0 Å². The fraction of sp³-hybridized carbons (Fsp3) is 0.579. The molecule has 156 valence electrons. The number of pyridine rings is 1.